The van der Waals surface area contributed by atoms with Crippen molar-refractivity contribution < 1.29 is 14.6 Å². The molecule has 0 amide bonds. The molecule has 1 atom stereocenters. The Morgan fingerprint density at radius 2 is 2.29 bits per heavy atom. The first-order valence-electron chi connectivity index (χ1n) is 5.04. The molecule has 0 bridgehead atoms. The molecule has 0 saturated heterocycles. The van der Waals surface area contributed by atoms with Crippen molar-refractivity contribution in [1.29, 1.82) is 0 Å². The van der Waals surface area contributed by atoms with Crippen LogP contribution in [0.5, 0.6) is 5.75 Å². The first-order valence-corrected chi connectivity index (χ1v) is 6.22. The fourth-order valence-electron chi connectivity index (χ4n) is 1.38. The van der Waals surface area contributed by atoms with Crippen LogP contribution in [0.3, 0.4) is 0 Å². The highest BCUT2D eigenvalue weighted by molar-refractivity contribution is 9.10. The molecule has 17 heavy (non-hydrogen) atoms. The lowest BCUT2D eigenvalue weighted by Crippen LogP contribution is -2.17. The van der Waals surface area contributed by atoms with Crippen molar-refractivity contribution in [2.24, 2.45) is 5.73 Å². The lowest BCUT2D eigenvalue weighted by molar-refractivity contribution is -0.143. The van der Waals surface area contributed by atoms with Crippen molar-refractivity contribution in [3.63, 3.8) is 0 Å². The highest BCUT2D eigenvalue weighted by atomic mass is 79.9. The van der Waals surface area contributed by atoms with Gasteiger partial charge in [-0.05, 0) is 35.0 Å². The number of benzene rings is 1. The van der Waals surface area contributed by atoms with Crippen molar-refractivity contribution in [3.05, 3.63) is 27.2 Å². The monoisotopic (exact) mass is 321 g/mol. The van der Waals surface area contributed by atoms with Crippen molar-refractivity contribution in [2.75, 3.05) is 6.61 Å². The summed E-state index contributed by atoms with van der Waals surface area (Å²) >= 11 is 9.01. The third-order valence-corrected chi connectivity index (χ3v) is 2.97. The fraction of sp³-hybridized carbons (Fsp3) is 0.364. The number of halogens is 2. The molecule has 0 unspecified atom stereocenters. The zero-order valence-electron chi connectivity index (χ0n) is 9.24. The number of esters is 1. The van der Waals surface area contributed by atoms with Gasteiger partial charge >= 0.3 is 5.97 Å². The standard InChI is InChI=1S/C11H13BrClNO3/c1-2-17-10(15)5-9(14)7-3-6(13)4-8(12)11(7)16/h3-4,9,16H,2,5,14H2,1H3/t9-/m0/s1. The number of carbonyl (C=O) groups excluding carboxylic acids is 1. The van der Waals surface area contributed by atoms with E-state index in [0.717, 1.165) is 0 Å². The molecule has 3 N–H and O–H groups in total. The number of ether oxygens (including phenoxy) is 1. The van der Waals surface area contributed by atoms with Crippen molar-refractivity contribution in [1.82, 2.24) is 0 Å². The minimum Gasteiger partial charge on any atom is -0.506 e. The smallest absolute Gasteiger partial charge is 0.307 e. The summed E-state index contributed by atoms with van der Waals surface area (Å²) in [5, 5.41) is 10.2. The molecule has 0 heterocycles. The molecule has 4 nitrogen and oxygen atoms in total. The van der Waals surface area contributed by atoms with E-state index in [2.05, 4.69) is 15.9 Å². The van der Waals surface area contributed by atoms with E-state index in [-0.39, 0.29) is 12.2 Å². The average molecular weight is 323 g/mol. The van der Waals surface area contributed by atoms with Crippen LogP contribution in [0.15, 0.2) is 16.6 Å². The Bertz CT molecular complexity index is 425. The van der Waals surface area contributed by atoms with E-state index >= 15 is 0 Å². The van der Waals surface area contributed by atoms with Gasteiger partial charge < -0.3 is 15.6 Å². The minimum atomic E-state index is -0.649. The van der Waals surface area contributed by atoms with Crippen LogP contribution in [0.25, 0.3) is 0 Å². The fourth-order valence-corrected chi connectivity index (χ4v) is 2.21. The Kier molecular flexibility index (Phi) is 5.24. The van der Waals surface area contributed by atoms with Crippen LogP contribution in [-0.2, 0) is 9.53 Å². The molecule has 0 spiro atoms. The zero-order chi connectivity index (χ0) is 13.0. The maximum atomic E-state index is 11.3. The number of phenols is 1. The summed E-state index contributed by atoms with van der Waals surface area (Å²) in [7, 11) is 0. The van der Waals surface area contributed by atoms with Crippen LogP contribution < -0.4 is 5.73 Å². The van der Waals surface area contributed by atoms with Gasteiger partial charge in [-0.2, -0.15) is 0 Å². The second-order valence-corrected chi connectivity index (χ2v) is 4.73. The number of rotatable bonds is 4. The molecule has 1 rings (SSSR count). The van der Waals surface area contributed by atoms with Crippen LogP contribution >= 0.6 is 27.5 Å². The normalized spacial score (nSPS) is 12.2. The van der Waals surface area contributed by atoms with E-state index in [4.69, 9.17) is 22.1 Å². The van der Waals surface area contributed by atoms with Gasteiger partial charge in [-0.3, -0.25) is 4.79 Å². The van der Waals surface area contributed by atoms with Gasteiger partial charge in [0.25, 0.3) is 0 Å². The topological polar surface area (TPSA) is 72.5 Å². The summed E-state index contributed by atoms with van der Waals surface area (Å²) in [6.07, 6.45) is -0.00577. The predicted molar refractivity (Wildman–Crippen MR) is 69.0 cm³/mol. The SMILES string of the molecule is CCOC(=O)C[C@H](N)c1cc(Cl)cc(Br)c1O. The molecule has 94 valence electrons. The minimum absolute atomic E-state index is 0.00577. The molecule has 1 aromatic carbocycles. The van der Waals surface area contributed by atoms with Crippen LogP contribution in [0.4, 0.5) is 0 Å². The van der Waals surface area contributed by atoms with Crippen LogP contribution in [0.2, 0.25) is 5.02 Å². The quantitative estimate of drug-likeness (QED) is 0.836. The summed E-state index contributed by atoms with van der Waals surface area (Å²) in [6.45, 7) is 2.02. The number of carbonyl (C=O) groups is 1. The van der Waals surface area contributed by atoms with Crippen molar-refractivity contribution in [3.8, 4) is 5.75 Å². The molecule has 0 aliphatic heterocycles. The molecule has 1 aromatic rings. The predicted octanol–water partition coefficient (Wildman–Crippen LogP) is 2.76. The number of hydrogen-bond donors (Lipinski definition) is 2. The summed E-state index contributed by atoms with van der Waals surface area (Å²) < 4.78 is 5.23. The van der Waals surface area contributed by atoms with Crippen molar-refractivity contribution in [2.45, 2.75) is 19.4 Å². The Balaban J connectivity index is 2.88. The first kappa shape index (κ1) is 14.3. The molecule has 0 saturated carbocycles. The van der Waals surface area contributed by atoms with E-state index < -0.39 is 12.0 Å². The van der Waals surface area contributed by atoms with E-state index in [9.17, 15) is 9.90 Å². The molecule has 0 aliphatic carbocycles. The molecule has 0 aromatic heterocycles. The highest BCUT2D eigenvalue weighted by Crippen LogP contribution is 2.35. The molecule has 6 heteroatoms. The molecule has 0 aliphatic rings. The Morgan fingerprint density at radius 3 is 2.88 bits per heavy atom. The zero-order valence-corrected chi connectivity index (χ0v) is 11.6. The molecule has 0 radical (unpaired) electrons. The first-order chi connectivity index (χ1) is 7.95. The summed E-state index contributed by atoms with van der Waals surface area (Å²) in [5.74, 6) is -0.415. The molecule has 0 fully saturated rings. The number of hydrogen-bond acceptors (Lipinski definition) is 4. The average Bonchev–Trinajstić information content (AvgIpc) is 2.23. The Labute approximate surface area is 113 Å². The van der Waals surface area contributed by atoms with Crippen LogP contribution in [0, 0.1) is 0 Å². The summed E-state index contributed by atoms with van der Waals surface area (Å²) in [6, 6.07) is 2.44. The second kappa shape index (κ2) is 6.23. The maximum Gasteiger partial charge on any atom is 0.307 e. The number of phenolic OH excluding ortho intramolecular Hbond substituents is 1. The maximum absolute atomic E-state index is 11.3. The summed E-state index contributed by atoms with van der Waals surface area (Å²) in [5.41, 5.74) is 6.24. The third-order valence-electron chi connectivity index (χ3n) is 2.15. The van der Waals surface area contributed by atoms with E-state index in [0.29, 0.717) is 21.7 Å². The van der Waals surface area contributed by atoms with E-state index in [1.807, 2.05) is 0 Å². The van der Waals surface area contributed by atoms with Gasteiger partial charge in [0.05, 0.1) is 17.5 Å². The second-order valence-electron chi connectivity index (χ2n) is 3.44. The number of nitrogens with two attached hydrogens (primary N) is 1. The van der Waals surface area contributed by atoms with E-state index in [1.54, 1.807) is 13.0 Å². The third kappa shape index (κ3) is 3.87. The van der Waals surface area contributed by atoms with E-state index in [1.165, 1.54) is 6.07 Å². The van der Waals surface area contributed by atoms with Crippen LogP contribution in [0.1, 0.15) is 24.9 Å². The van der Waals surface area contributed by atoms with Gasteiger partial charge in [-0.15, -0.1) is 0 Å². The molecular weight excluding hydrogens is 309 g/mol. The number of aromatic hydroxyl groups is 1. The van der Waals surface area contributed by atoms with Gasteiger partial charge in [-0.25, -0.2) is 0 Å². The summed E-state index contributed by atoms with van der Waals surface area (Å²) in [4.78, 5) is 11.3. The van der Waals surface area contributed by atoms with Gasteiger partial charge in [0.2, 0.25) is 0 Å². The lowest BCUT2D eigenvalue weighted by Gasteiger charge is -2.14. The molecular formula is C11H13BrClNO3. The van der Waals surface area contributed by atoms with Gasteiger partial charge in [-0.1, -0.05) is 11.6 Å². The van der Waals surface area contributed by atoms with Crippen LogP contribution in [-0.4, -0.2) is 17.7 Å². The van der Waals surface area contributed by atoms with Gasteiger partial charge in [0.1, 0.15) is 5.75 Å². The Hall–Kier alpha value is -0.780. The lowest BCUT2D eigenvalue weighted by atomic mass is 10.0. The highest BCUT2D eigenvalue weighted by Gasteiger charge is 2.18. The van der Waals surface area contributed by atoms with Gasteiger partial charge in [0.15, 0.2) is 0 Å². The van der Waals surface area contributed by atoms with Crippen molar-refractivity contribution >= 4 is 33.5 Å². The Morgan fingerprint density at radius 1 is 1.65 bits per heavy atom. The largest absolute Gasteiger partial charge is 0.506 e. The van der Waals surface area contributed by atoms with Gasteiger partial charge in [0, 0.05) is 16.6 Å².